The van der Waals surface area contributed by atoms with Crippen molar-refractivity contribution in [3.63, 3.8) is 0 Å². The van der Waals surface area contributed by atoms with E-state index in [1.807, 2.05) is 45.0 Å². The molecule has 0 aliphatic heterocycles. The van der Waals surface area contributed by atoms with Crippen LogP contribution in [-0.2, 0) is 22.6 Å². The van der Waals surface area contributed by atoms with Crippen LogP contribution >= 0.6 is 23.2 Å². The van der Waals surface area contributed by atoms with E-state index in [1.54, 1.807) is 30.0 Å². The molecule has 2 aromatic carbocycles. The molecule has 29 heavy (non-hydrogen) atoms. The topological polar surface area (TPSA) is 49.4 Å². The normalized spacial score (nSPS) is 12.9. The predicted molar refractivity (Wildman–Crippen MR) is 119 cm³/mol. The summed E-state index contributed by atoms with van der Waals surface area (Å²) in [6, 6.07) is 12.4. The summed E-state index contributed by atoms with van der Waals surface area (Å²) >= 11 is 12.7. The van der Waals surface area contributed by atoms with Crippen molar-refractivity contribution in [1.29, 1.82) is 0 Å². The monoisotopic (exact) mass is 434 g/mol. The smallest absolute Gasteiger partial charge is 0.242 e. The Bertz CT molecular complexity index is 849. The van der Waals surface area contributed by atoms with Gasteiger partial charge < -0.3 is 10.2 Å². The number of halogens is 2. The number of hydrogen-bond donors (Lipinski definition) is 1. The number of amides is 2. The van der Waals surface area contributed by atoms with Crippen molar-refractivity contribution in [1.82, 2.24) is 10.2 Å². The Morgan fingerprint density at radius 1 is 1.07 bits per heavy atom. The molecule has 4 nitrogen and oxygen atoms in total. The zero-order chi connectivity index (χ0) is 21.6. The van der Waals surface area contributed by atoms with Crippen molar-refractivity contribution >= 4 is 35.0 Å². The lowest BCUT2D eigenvalue weighted by atomic mass is 10.1. The fourth-order valence-electron chi connectivity index (χ4n) is 3.00. The van der Waals surface area contributed by atoms with Crippen molar-refractivity contribution in [3.8, 4) is 0 Å². The minimum Gasteiger partial charge on any atom is -0.352 e. The minimum absolute atomic E-state index is 0.0302. The first-order valence-corrected chi connectivity index (χ1v) is 10.6. The number of carbonyl (C=O) groups excluding carboxylic acids is 2. The van der Waals surface area contributed by atoms with Crippen LogP contribution < -0.4 is 5.32 Å². The molecule has 2 aromatic rings. The molecular formula is C23H28Cl2N2O2. The zero-order valence-electron chi connectivity index (χ0n) is 17.3. The first kappa shape index (κ1) is 23.2. The van der Waals surface area contributed by atoms with Crippen LogP contribution in [0.5, 0.6) is 0 Å². The maximum atomic E-state index is 13.2. The van der Waals surface area contributed by atoms with E-state index in [9.17, 15) is 9.59 Å². The van der Waals surface area contributed by atoms with Gasteiger partial charge in [0.25, 0.3) is 0 Å². The Labute approximate surface area is 183 Å². The Morgan fingerprint density at radius 3 is 2.28 bits per heavy atom. The quantitative estimate of drug-likeness (QED) is 0.622. The zero-order valence-corrected chi connectivity index (χ0v) is 18.8. The average molecular weight is 435 g/mol. The summed E-state index contributed by atoms with van der Waals surface area (Å²) in [4.78, 5) is 27.5. The summed E-state index contributed by atoms with van der Waals surface area (Å²) in [5.74, 6) is -0.349. The number of carbonyl (C=O) groups is 2. The molecule has 6 heteroatoms. The van der Waals surface area contributed by atoms with Gasteiger partial charge in [0.05, 0.1) is 6.42 Å². The fourth-order valence-corrected chi connectivity index (χ4v) is 3.52. The second-order valence-electron chi connectivity index (χ2n) is 7.38. The number of nitrogens with zero attached hydrogens (tertiary/aromatic N) is 1. The molecule has 2 unspecified atom stereocenters. The molecule has 2 atom stereocenters. The highest BCUT2D eigenvalue weighted by Crippen LogP contribution is 2.27. The fraction of sp³-hybridized carbons (Fsp3) is 0.391. The van der Waals surface area contributed by atoms with Crippen LogP contribution in [0.1, 0.15) is 43.9 Å². The molecule has 2 amide bonds. The largest absolute Gasteiger partial charge is 0.352 e. The molecule has 0 spiro atoms. The van der Waals surface area contributed by atoms with Gasteiger partial charge >= 0.3 is 0 Å². The van der Waals surface area contributed by atoms with Crippen LogP contribution in [0.2, 0.25) is 10.0 Å². The van der Waals surface area contributed by atoms with E-state index in [1.165, 1.54) is 0 Å². The molecule has 0 heterocycles. The Kier molecular flexibility index (Phi) is 8.54. The molecule has 2 rings (SSSR count). The van der Waals surface area contributed by atoms with Crippen molar-refractivity contribution in [2.45, 2.75) is 59.2 Å². The van der Waals surface area contributed by atoms with Crippen molar-refractivity contribution in [3.05, 3.63) is 69.2 Å². The van der Waals surface area contributed by atoms with E-state index < -0.39 is 6.04 Å². The summed E-state index contributed by atoms with van der Waals surface area (Å²) in [6.45, 7) is 7.82. The third kappa shape index (κ3) is 6.48. The third-order valence-corrected chi connectivity index (χ3v) is 5.70. The summed E-state index contributed by atoms with van der Waals surface area (Å²) < 4.78 is 0. The molecule has 0 aliphatic rings. The standard InChI is InChI=1S/C23H28Cl2N2O2/c1-5-16(3)26-23(29)17(4)27(14-19-20(24)10-7-11-21(19)25)22(28)13-18-9-6-8-15(2)12-18/h6-12,16-17H,5,13-14H2,1-4H3,(H,26,29). The molecule has 156 valence electrons. The number of rotatable bonds is 8. The molecule has 0 saturated heterocycles. The van der Waals surface area contributed by atoms with Gasteiger partial charge in [-0.1, -0.05) is 66.0 Å². The molecule has 1 N–H and O–H groups in total. The first-order valence-electron chi connectivity index (χ1n) is 9.81. The molecule has 0 saturated carbocycles. The molecule has 0 aliphatic carbocycles. The second-order valence-corrected chi connectivity index (χ2v) is 8.20. The van der Waals surface area contributed by atoms with Crippen LogP contribution in [-0.4, -0.2) is 28.8 Å². The van der Waals surface area contributed by atoms with Gasteiger partial charge in [0.2, 0.25) is 11.8 Å². The molecule has 0 aromatic heterocycles. The van der Waals surface area contributed by atoms with Gasteiger partial charge in [-0.2, -0.15) is 0 Å². The highest BCUT2D eigenvalue weighted by atomic mass is 35.5. The lowest BCUT2D eigenvalue weighted by molar-refractivity contribution is -0.140. The van der Waals surface area contributed by atoms with E-state index in [4.69, 9.17) is 23.2 Å². The van der Waals surface area contributed by atoms with E-state index >= 15 is 0 Å². The summed E-state index contributed by atoms with van der Waals surface area (Å²) in [7, 11) is 0. The Morgan fingerprint density at radius 2 is 1.69 bits per heavy atom. The van der Waals surface area contributed by atoms with E-state index in [2.05, 4.69) is 5.32 Å². The van der Waals surface area contributed by atoms with Crippen LogP contribution in [0.25, 0.3) is 0 Å². The Balaban J connectivity index is 2.31. The summed E-state index contributed by atoms with van der Waals surface area (Å²) in [5.41, 5.74) is 2.62. The molecule has 0 fully saturated rings. The molecule has 0 bridgehead atoms. The average Bonchev–Trinajstić information content (AvgIpc) is 2.67. The highest BCUT2D eigenvalue weighted by molar-refractivity contribution is 6.36. The van der Waals surface area contributed by atoms with Gasteiger partial charge in [-0.3, -0.25) is 9.59 Å². The second kappa shape index (κ2) is 10.7. The van der Waals surface area contributed by atoms with Gasteiger partial charge in [-0.25, -0.2) is 0 Å². The number of hydrogen-bond acceptors (Lipinski definition) is 2. The first-order chi connectivity index (χ1) is 13.7. The van der Waals surface area contributed by atoms with Gasteiger partial charge in [-0.05, 0) is 44.9 Å². The SMILES string of the molecule is CCC(C)NC(=O)C(C)N(Cc1c(Cl)cccc1Cl)C(=O)Cc1cccc(C)c1. The van der Waals surface area contributed by atoms with Crippen LogP contribution in [0.3, 0.4) is 0 Å². The molecular weight excluding hydrogens is 407 g/mol. The Hall–Kier alpha value is -2.04. The summed E-state index contributed by atoms with van der Waals surface area (Å²) in [6.07, 6.45) is 1.01. The van der Waals surface area contributed by atoms with Gasteiger partial charge in [0.15, 0.2) is 0 Å². The van der Waals surface area contributed by atoms with E-state index in [0.717, 1.165) is 17.5 Å². The van der Waals surface area contributed by atoms with Crippen molar-refractivity contribution in [2.75, 3.05) is 0 Å². The van der Waals surface area contributed by atoms with Gasteiger partial charge in [0.1, 0.15) is 6.04 Å². The number of benzene rings is 2. The third-order valence-electron chi connectivity index (χ3n) is 5.00. The van der Waals surface area contributed by atoms with Crippen LogP contribution in [0.15, 0.2) is 42.5 Å². The van der Waals surface area contributed by atoms with Crippen LogP contribution in [0.4, 0.5) is 0 Å². The maximum Gasteiger partial charge on any atom is 0.242 e. The number of nitrogens with one attached hydrogen (secondary N) is 1. The van der Waals surface area contributed by atoms with Gasteiger partial charge in [0, 0.05) is 28.2 Å². The van der Waals surface area contributed by atoms with E-state index in [0.29, 0.717) is 15.6 Å². The number of aryl methyl sites for hydroxylation is 1. The lowest BCUT2D eigenvalue weighted by Gasteiger charge is -2.30. The molecule has 0 radical (unpaired) electrons. The maximum absolute atomic E-state index is 13.2. The minimum atomic E-state index is -0.659. The lowest BCUT2D eigenvalue weighted by Crippen LogP contribution is -2.50. The summed E-state index contributed by atoms with van der Waals surface area (Å²) in [5, 5.41) is 3.90. The van der Waals surface area contributed by atoms with E-state index in [-0.39, 0.29) is 30.8 Å². The highest BCUT2D eigenvalue weighted by Gasteiger charge is 2.28. The van der Waals surface area contributed by atoms with Crippen molar-refractivity contribution < 1.29 is 9.59 Å². The van der Waals surface area contributed by atoms with Gasteiger partial charge in [-0.15, -0.1) is 0 Å². The van der Waals surface area contributed by atoms with Crippen molar-refractivity contribution in [2.24, 2.45) is 0 Å². The van der Waals surface area contributed by atoms with Crippen LogP contribution in [0, 0.1) is 6.92 Å². The predicted octanol–water partition coefficient (Wildman–Crippen LogP) is 5.18.